The Bertz CT molecular complexity index is 1300. The van der Waals surface area contributed by atoms with E-state index in [1.807, 2.05) is 29.2 Å². The van der Waals surface area contributed by atoms with Gasteiger partial charge in [-0.1, -0.05) is 48.5 Å². The van der Waals surface area contributed by atoms with E-state index in [2.05, 4.69) is 24.3 Å². The molecule has 3 aromatic carbocycles. The first kappa shape index (κ1) is 23.7. The molecule has 1 aliphatic carbocycles. The van der Waals surface area contributed by atoms with Crippen molar-refractivity contribution in [2.45, 2.75) is 50.1 Å². The molecule has 0 radical (unpaired) electrons. The highest BCUT2D eigenvalue weighted by Gasteiger charge is 2.46. The van der Waals surface area contributed by atoms with Gasteiger partial charge in [-0.2, -0.15) is 0 Å². The molecule has 0 N–H and O–H groups in total. The molecule has 190 valence electrons. The van der Waals surface area contributed by atoms with Crippen LogP contribution in [0.5, 0.6) is 5.75 Å². The lowest BCUT2D eigenvalue weighted by atomic mass is 9.85. The highest BCUT2D eigenvalue weighted by molar-refractivity contribution is 5.84. The van der Waals surface area contributed by atoms with E-state index in [-0.39, 0.29) is 48.0 Å². The molecule has 0 spiro atoms. The van der Waals surface area contributed by atoms with Crippen LogP contribution in [-0.2, 0) is 16.0 Å². The fourth-order valence-electron chi connectivity index (χ4n) is 6.62. The third kappa shape index (κ3) is 4.28. The minimum atomic E-state index is -0.381. The Morgan fingerprint density at radius 1 is 0.919 bits per heavy atom. The van der Waals surface area contributed by atoms with E-state index < -0.39 is 0 Å². The van der Waals surface area contributed by atoms with Gasteiger partial charge in [0.1, 0.15) is 24.0 Å². The maximum atomic E-state index is 13.8. The van der Waals surface area contributed by atoms with Gasteiger partial charge in [-0.05, 0) is 66.1 Å². The average Bonchev–Trinajstić information content (AvgIpc) is 3.37. The Morgan fingerprint density at radius 3 is 2.16 bits per heavy atom. The molecule has 3 aliphatic rings. The second-order valence-electron chi connectivity index (χ2n) is 10.4. The van der Waals surface area contributed by atoms with Crippen LogP contribution in [0.4, 0.5) is 9.18 Å². The minimum Gasteiger partial charge on any atom is -0.496 e. The van der Waals surface area contributed by atoms with Gasteiger partial charge in [-0.3, -0.25) is 4.79 Å². The minimum absolute atomic E-state index is 0.00208. The first-order chi connectivity index (χ1) is 18.0. The number of carbonyl (C=O) groups excluding carboxylic acids is 2. The third-order valence-corrected chi connectivity index (χ3v) is 8.34. The summed E-state index contributed by atoms with van der Waals surface area (Å²) in [5, 5.41) is 0. The number of methoxy groups -OCH3 is 1. The van der Waals surface area contributed by atoms with Gasteiger partial charge in [0.25, 0.3) is 0 Å². The average molecular weight is 500 g/mol. The highest BCUT2D eigenvalue weighted by Crippen LogP contribution is 2.45. The number of amides is 1. The molecule has 6 rings (SSSR count). The number of ketones is 1. The summed E-state index contributed by atoms with van der Waals surface area (Å²) in [6.07, 6.45) is 2.85. The number of rotatable bonds is 6. The zero-order valence-electron chi connectivity index (χ0n) is 20.9. The summed E-state index contributed by atoms with van der Waals surface area (Å²) >= 11 is 0. The second-order valence-corrected chi connectivity index (χ2v) is 10.4. The van der Waals surface area contributed by atoms with Crippen molar-refractivity contribution in [1.82, 2.24) is 4.90 Å². The van der Waals surface area contributed by atoms with Gasteiger partial charge < -0.3 is 14.4 Å². The van der Waals surface area contributed by atoms with E-state index in [0.717, 1.165) is 12.8 Å². The van der Waals surface area contributed by atoms with Crippen molar-refractivity contribution in [3.8, 4) is 16.9 Å². The molecule has 37 heavy (non-hydrogen) atoms. The van der Waals surface area contributed by atoms with Crippen LogP contribution in [-0.4, -0.2) is 42.6 Å². The Morgan fingerprint density at radius 2 is 1.54 bits per heavy atom. The summed E-state index contributed by atoms with van der Waals surface area (Å²) in [4.78, 5) is 28.3. The molecule has 2 saturated heterocycles. The topological polar surface area (TPSA) is 55.8 Å². The lowest BCUT2D eigenvalue weighted by Crippen LogP contribution is -2.48. The Hall–Kier alpha value is -3.67. The van der Waals surface area contributed by atoms with Crippen molar-refractivity contribution in [3.63, 3.8) is 0 Å². The molecule has 5 nitrogen and oxygen atoms in total. The zero-order chi connectivity index (χ0) is 25.5. The summed E-state index contributed by atoms with van der Waals surface area (Å²) in [7, 11) is 1.52. The molecule has 2 unspecified atom stereocenters. The Balaban J connectivity index is 1.11. The number of Topliss-reactive ketones (excluding diaryl/α,β-unsaturated/α-hetero) is 1. The molecular weight excluding hydrogens is 469 g/mol. The summed E-state index contributed by atoms with van der Waals surface area (Å²) < 4.78 is 25.0. The molecule has 3 aromatic rings. The van der Waals surface area contributed by atoms with E-state index in [1.54, 1.807) is 6.07 Å². The molecule has 1 amide bonds. The molecule has 2 fully saturated rings. The summed E-state index contributed by atoms with van der Waals surface area (Å²) in [6, 6.07) is 20.9. The van der Waals surface area contributed by atoms with Crippen LogP contribution in [0.15, 0.2) is 66.7 Å². The van der Waals surface area contributed by atoms with Gasteiger partial charge in [-0.25, -0.2) is 9.18 Å². The molecule has 2 heterocycles. The maximum absolute atomic E-state index is 13.8. The van der Waals surface area contributed by atoms with E-state index in [0.29, 0.717) is 30.8 Å². The van der Waals surface area contributed by atoms with Gasteiger partial charge in [0.05, 0.1) is 7.11 Å². The molecule has 2 atom stereocenters. The van der Waals surface area contributed by atoms with Gasteiger partial charge in [0, 0.05) is 35.9 Å². The first-order valence-electron chi connectivity index (χ1n) is 13.0. The Labute approximate surface area is 216 Å². The third-order valence-electron chi connectivity index (χ3n) is 8.34. The quantitative estimate of drug-likeness (QED) is 0.409. The fraction of sp³-hybridized carbons (Fsp3) is 0.355. The SMILES string of the molecule is COc1ccc(F)cc1CC(=O)C1CC2CCC(C1)N2C(=O)OCC1c2ccccc2-c2ccccc21. The molecule has 6 heteroatoms. The predicted molar refractivity (Wildman–Crippen MR) is 138 cm³/mol. The summed E-state index contributed by atoms with van der Waals surface area (Å²) in [5.74, 6) is 0.0907. The number of benzene rings is 3. The van der Waals surface area contributed by atoms with Crippen LogP contribution < -0.4 is 4.74 Å². The van der Waals surface area contributed by atoms with Crippen molar-refractivity contribution >= 4 is 11.9 Å². The monoisotopic (exact) mass is 499 g/mol. The number of hydrogen-bond donors (Lipinski definition) is 0. The normalized spacial score (nSPS) is 21.9. The van der Waals surface area contributed by atoms with Crippen molar-refractivity contribution in [2.75, 3.05) is 13.7 Å². The molecule has 2 bridgehead atoms. The molecule has 0 saturated carbocycles. The zero-order valence-corrected chi connectivity index (χ0v) is 20.9. The second kappa shape index (κ2) is 9.66. The van der Waals surface area contributed by atoms with Crippen LogP contribution >= 0.6 is 0 Å². The van der Waals surface area contributed by atoms with Crippen molar-refractivity contribution in [2.24, 2.45) is 5.92 Å². The maximum Gasteiger partial charge on any atom is 0.410 e. The standard InChI is InChI=1S/C31H30FNO4/c1-36-30-13-10-21(32)14-20(30)17-29(34)19-15-22-11-12-23(16-19)33(22)31(35)37-18-28-26-8-4-2-6-24(26)25-7-3-5-9-27(25)28/h2-10,13-14,19,22-23,28H,11-12,15-18H2,1H3. The van der Waals surface area contributed by atoms with Crippen molar-refractivity contribution in [1.29, 1.82) is 0 Å². The number of carbonyl (C=O) groups is 2. The Kier molecular flexibility index (Phi) is 6.19. The van der Waals surface area contributed by atoms with Crippen LogP contribution in [0.2, 0.25) is 0 Å². The van der Waals surface area contributed by atoms with Gasteiger partial charge in [0.2, 0.25) is 0 Å². The van der Waals surface area contributed by atoms with Crippen LogP contribution in [0.3, 0.4) is 0 Å². The van der Waals surface area contributed by atoms with Crippen LogP contribution in [0.25, 0.3) is 11.1 Å². The first-order valence-corrected chi connectivity index (χ1v) is 13.0. The largest absolute Gasteiger partial charge is 0.496 e. The predicted octanol–water partition coefficient (Wildman–Crippen LogP) is 6.14. The lowest BCUT2D eigenvalue weighted by molar-refractivity contribution is -0.124. The van der Waals surface area contributed by atoms with E-state index in [9.17, 15) is 14.0 Å². The highest BCUT2D eigenvalue weighted by atomic mass is 19.1. The number of hydrogen-bond acceptors (Lipinski definition) is 4. The van der Waals surface area contributed by atoms with Crippen molar-refractivity contribution < 1.29 is 23.5 Å². The van der Waals surface area contributed by atoms with Gasteiger partial charge in [-0.15, -0.1) is 0 Å². The summed E-state index contributed by atoms with van der Waals surface area (Å²) in [6.45, 7) is 0.296. The number of halogens is 1. The smallest absolute Gasteiger partial charge is 0.410 e. The van der Waals surface area contributed by atoms with Crippen LogP contribution in [0, 0.1) is 11.7 Å². The molecule has 2 aliphatic heterocycles. The lowest BCUT2D eigenvalue weighted by Gasteiger charge is -2.37. The van der Waals surface area contributed by atoms with E-state index >= 15 is 0 Å². The van der Waals surface area contributed by atoms with Gasteiger partial charge >= 0.3 is 6.09 Å². The number of ether oxygens (including phenoxy) is 2. The molecule has 0 aromatic heterocycles. The van der Waals surface area contributed by atoms with Gasteiger partial charge in [0.15, 0.2) is 0 Å². The van der Waals surface area contributed by atoms with E-state index in [4.69, 9.17) is 9.47 Å². The molecular formula is C31H30FNO4. The fourth-order valence-corrected chi connectivity index (χ4v) is 6.62. The number of fused-ring (bicyclic) bond motifs is 5. The van der Waals surface area contributed by atoms with Crippen LogP contribution in [0.1, 0.15) is 48.3 Å². The number of piperidine rings is 1. The van der Waals surface area contributed by atoms with Crippen molar-refractivity contribution in [3.05, 3.63) is 89.2 Å². The van der Waals surface area contributed by atoms with E-state index in [1.165, 1.54) is 41.5 Å². The number of nitrogens with zero attached hydrogens (tertiary/aromatic N) is 1. The summed E-state index contributed by atoms with van der Waals surface area (Å²) in [5.41, 5.74) is 5.36.